The predicted molar refractivity (Wildman–Crippen MR) is 128 cm³/mol. The van der Waals surface area contributed by atoms with Crippen molar-refractivity contribution >= 4 is 33.6 Å². The average molecular weight is 465 g/mol. The largest absolute Gasteiger partial charge is 0.379 e. The molecule has 0 unspecified atom stereocenters. The van der Waals surface area contributed by atoms with E-state index >= 15 is 0 Å². The highest BCUT2D eigenvalue weighted by atomic mass is 32.2. The van der Waals surface area contributed by atoms with E-state index in [0.29, 0.717) is 33.5 Å². The highest BCUT2D eigenvalue weighted by Crippen LogP contribution is 2.19. The van der Waals surface area contributed by atoms with Crippen molar-refractivity contribution in [2.45, 2.75) is 24.0 Å². The molecule has 170 valence electrons. The van der Waals surface area contributed by atoms with E-state index in [0.717, 1.165) is 39.3 Å². The maximum absolute atomic E-state index is 13.3. The second kappa shape index (κ2) is 9.82. The van der Waals surface area contributed by atoms with E-state index in [9.17, 15) is 9.59 Å². The SMILES string of the molecule is O=c1c2ccccc2nnn1CSc1nc2ccccc2c(=O)n1CCCN1CCOCC1. The first-order valence-electron chi connectivity index (χ1n) is 11.0. The Bertz CT molecular complexity index is 1400. The van der Waals surface area contributed by atoms with Crippen molar-refractivity contribution in [3.05, 3.63) is 69.2 Å². The number of benzene rings is 2. The highest BCUT2D eigenvalue weighted by Gasteiger charge is 2.15. The highest BCUT2D eigenvalue weighted by molar-refractivity contribution is 7.98. The van der Waals surface area contributed by atoms with Gasteiger partial charge in [-0.25, -0.2) is 4.98 Å². The molecule has 0 N–H and O–H groups in total. The number of hydrogen-bond donors (Lipinski definition) is 0. The Morgan fingerprint density at radius 3 is 2.36 bits per heavy atom. The number of aromatic nitrogens is 5. The van der Waals surface area contributed by atoms with Crippen molar-refractivity contribution in [1.29, 1.82) is 0 Å². The molecule has 0 bridgehead atoms. The Morgan fingerprint density at radius 1 is 0.879 bits per heavy atom. The van der Waals surface area contributed by atoms with Crippen LogP contribution >= 0.6 is 11.8 Å². The van der Waals surface area contributed by atoms with Crippen LogP contribution in [0.2, 0.25) is 0 Å². The van der Waals surface area contributed by atoms with Gasteiger partial charge in [0.05, 0.1) is 35.4 Å². The topological polar surface area (TPSA) is 95.1 Å². The first-order valence-corrected chi connectivity index (χ1v) is 11.9. The van der Waals surface area contributed by atoms with Crippen LogP contribution in [-0.2, 0) is 17.2 Å². The lowest BCUT2D eigenvalue weighted by atomic mass is 10.2. The Balaban J connectivity index is 1.41. The van der Waals surface area contributed by atoms with E-state index in [1.165, 1.54) is 16.4 Å². The van der Waals surface area contributed by atoms with Crippen molar-refractivity contribution < 1.29 is 4.74 Å². The molecule has 3 heterocycles. The summed E-state index contributed by atoms with van der Waals surface area (Å²) < 4.78 is 8.44. The van der Waals surface area contributed by atoms with Gasteiger partial charge in [-0.1, -0.05) is 41.2 Å². The van der Waals surface area contributed by atoms with Crippen molar-refractivity contribution in [2.24, 2.45) is 0 Å². The third-order valence-corrected chi connectivity index (χ3v) is 6.68. The standard InChI is InChI=1S/C23H24N6O3S/c30-21-17-6-1-3-8-19(17)24-23(28(21)11-5-10-27-12-14-32-15-13-27)33-16-29-22(31)18-7-2-4-9-20(18)25-26-29/h1-4,6-9H,5,10-16H2. The number of thioether (sulfide) groups is 1. The minimum atomic E-state index is -0.213. The predicted octanol–water partition coefficient (Wildman–Crippen LogP) is 1.97. The summed E-state index contributed by atoms with van der Waals surface area (Å²) in [7, 11) is 0. The van der Waals surface area contributed by atoms with Gasteiger partial charge in [-0.15, -0.1) is 5.10 Å². The fourth-order valence-electron chi connectivity index (χ4n) is 3.96. The molecule has 5 rings (SSSR count). The summed E-state index contributed by atoms with van der Waals surface area (Å²) >= 11 is 1.32. The lowest BCUT2D eigenvalue weighted by Gasteiger charge is -2.26. The number of nitrogens with zero attached hydrogens (tertiary/aromatic N) is 6. The Labute approximate surface area is 194 Å². The first kappa shape index (κ1) is 21.7. The van der Waals surface area contributed by atoms with Crippen LogP contribution in [0.25, 0.3) is 21.8 Å². The Morgan fingerprint density at radius 2 is 1.58 bits per heavy atom. The molecular formula is C23H24N6O3S. The summed E-state index contributed by atoms with van der Waals surface area (Å²) in [6.45, 7) is 4.77. The molecule has 1 aliphatic rings. The van der Waals surface area contributed by atoms with Gasteiger partial charge in [-0.2, -0.15) is 4.68 Å². The van der Waals surface area contributed by atoms with Gasteiger partial charge in [0.25, 0.3) is 11.1 Å². The van der Waals surface area contributed by atoms with E-state index < -0.39 is 0 Å². The average Bonchev–Trinajstić information content (AvgIpc) is 2.86. The van der Waals surface area contributed by atoms with Gasteiger partial charge in [0.2, 0.25) is 0 Å². The van der Waals surface area contributed by atoms with E-state index in [1.54, 1.807) is 28.8 Å². The molecule has 2 aromatic heterocycles. The van der Waals surface area contributed by atoms with Crippen LogP contribution in [-0.4, -0.2) is 62.3 Å². The van der Waals surface area contributed by atoms with E-state index in [-0.39, 0.29) is 17.0 Å². The third kappa shape index (κ3) is 4.68. The fourth-order valence-corrected chi connectivity index (χ4v) is 4.86. The molecule has 0 radical (unpaired) electrons. The second-order valence-electron chi connectivity index (χ2n) is 7.86. The normalized spacial score (nSPS) is 14.8. The first-order chi connectivity index (χ1) is 16.2. The molecule has 0 aliphatic carbocycles. The molecule has 10 heteroatoms. The van der Waals surface area contributed by atoms with E-state index in [1.807, 2.05) is 24.3 Å². The van der Waals surface area contributed by atoms with Gasteiger partial charge in [0.15, 0.2) is 5.16 Å². The number of morpholine rings is 1. The molecule has 1 fully saturated rings. The van der Waals surface area contributed by atoms with Gasteiger partial charge in [-0.3, -0.25) is 19.1 Å². The summed E-state index contributed by atoms with van der Waals surface area (Å²) in [5, 5.41) is 9.88. The maximum Gasteiger partial charge on any atom is 0.278 e. The molecule has 2 aromatic carbocycles. The lowest BCUT2D eigenvalue weighted by Crippen LogP contribution is -2.37. The van der Waals surface area contributed by atoms with Gasteiger partial charge >= 0.3 is 0 Å². The quantitative estimate of drug-likeness (QED) is 0.303. The number of para-hydroxylation sites is 1. The molecule has 33 heavy (non-hydrogen) atoms. The van der Waals surface area contributed by atoms with Crippen LogP contribution in [0.3, 0.4) is 0 Å². The zero-order chi connectivity index (χ0) is 22.6. The monoisotopic (exact) mass is 464 g/mol. The second-order valence-corrected chi connectivity index (χ2v) is 8.77. The van der Waals surface area contributed by atoms with Crippen molar-refractivity contribution in [1.82, 2.24) is 29.4 Å². The molecule has 1 aliphatic heterocycles. The molecule has 9 nitrogen and oxygen atoms in total. The van der Waals surface area contributed by atoms with Gasteiger partial charge in [0.1, 0.15) is 5.52 Å². The zero-order valence-electron chi connectivity index (χ0n) is 18.1. The Hall–Kier alpha value is -3.08. The van der Waals surface area contributed by atoms with E-state index in [4.69, 9.17) is 9.72 Å². The molecule has 1 saturated heterocycles. The summed E-state index contributed by atoms with van der Waals surface area (Å²) in [5.74, 6) is 0.213. The molecule has 0 atom stereocenters. The molecule has 4 aromatic rings. The molecule has 0 saturated carbocycles. The number of hydrogen-bond acceptors (Lipinski definition) is 8. The minimum absolute atomic E-state index is 0.0676. The summed E-state index contributed by atoms with van der Waals surface area (Å²) in [5.41, 5.74) is 0.927. The number of rotatable bonds is 7. The number of fused-ring (bicyclic) bond motifs is 2. The zero-order valence-corrected chi connectivity index (χ0v) is 18.9. The smallest absolute Gasteiger partial charge is 0.278 e. The van der Waals surface area contributed by atoms with Crippen LogP contribution in [0.5, 0.6) is 0 Å². The molecular weight excluding hydrogens is 440 g/mol. The lowest BCUT2D eigenvalue weighted by molar-refractivity contribution is 0.0368. The van der Waals surface area contributed by atoms with Gasteiger partial charge < -0.3 is 4.74 Å². The van der Waals surface area contributed by atoms with Crippen molar-refractivity contribution in [2.75, 3.05) is 32.8 Å². The Kier molecular flexibility index (Phi) is 6.47. The van der Waals surface area contributed by atoms with Crippen molar-refractivity contribution in [3.63, 3.8) is 0 Å². The maximum atomic E-state index is 13.3. The van der Waals surface area contributed by atoms with Crippen LogP contribution < -0.4 is 11.1 Å². The summed E-state index contributed by atoms with van der Waals surface area (Å²) in [6, 6.07) is 14.5. The van der Waals surface area contributed by atoms with Gasteiger partial charge in [-0.05, 0) is 30.7 Å². The van der Waals surface area contributed by atoms with E-state index in [2.05, 4.69) is 15.2 Å². The van der Waals surface area contributed by atoms with Gasteiger partial charge in [0, 0.05) is 26.2 Å². The molecule has 0 amide bonds. The summed E-state index contributed by atoms with van der Waals surface area (Å²) in [6.07, 6.45) is 0.823. The minimum Gasteiger partial charge on any atom is -0.379 e. The van der Waals surface area contributed by atoms with Crippen LogP contribution in [0.1, 0.15) is 6.42 Å². The number of ether oxygens (including phenoxy) is 1. The fraction of sp³-hybridized carbons (Fsp3) is 0.348. The van der Waals surface area contributed by atoms with Crippen LogP contribution in [0.15, 0.2) is 63.3 Å². The third-order valence-electron chi connectivity index (χ3n) is 5.73. The van der Waals surface area contributed by atoms with Crippen LogP contribution in [0.4, 0.5) is 0 Å². The molecule has 0 spiro atoms. The summed E-state index contributed by atoms with van der Waals surface area (Å²) in [4.78, 5) is 33.2. The van der Waals surface area contributed by atoms with Crippen LogP contribution in [0, 0.1) is 0 Å². The van der Waals surface area contributed by atoms with Crippen molar-refractivity contribution in [3.8, 4) is 0 Å².